The number of rotatable bonds is 10. The molecule has 3 N–H and O–H groups in total. The third-order valence-electron chi connectivity index (χ3n) is 5.86. The van der Waals surface area contributed by atoms with Gasteiger partial charge < -0.3 is 19.8 Å². The topological polar surface area (TPSA) is 142 Å². The molecule has 0 aromatic carbocycles. The highest BCUT2D eigenvalue weighted by Gasteiger charge is 2.42. The summed E-state index contributed by atoms with van der Waals surface area (Å²) in [5, 5.41) is 0. The lowest BCUT2D eigenvalue weighted by molar-refractivity contribution is -0.153. The van der Waals surface area contributed by atoms with Crippen LogP contribution in [0.1, 0.15) is 65.3 Å². The van der Waals surface area contributed by atoms with E-state index in [1.807, 2.05) is 13.8 Å². The van der Waals surface area contributed by atoms with E-state index in [9.17, 15) is 14.4 Å². The molecule has 0 amide bonds. The van der Waals surface area contributed by atoms with Crippen LogP contribution in [0.3, 0.4) is 0 Å². The molecular formula is C23H33N5O5. The minimum atomic E-state index is -0.514. The molecule has 33 heavy (non-hydrogen) atoms. The van der Waals surface area contributed by atoms with Gasteiger partial charge in [0.25, 0.3) is 5.56 Å². The number of H-pyrrole nitrogens is 1. The number of fused-ring (bicyclic) bond motifs is 1. The maximum Gasteiger partial charge on any atom is 0.306 e. The predicted octanol–water partition coefficient (Wildman–Crippen LogP) is 2.90. The molecule has 0 bridgehead atoms. The number of anilines is 1. The number of nitrogens with two attached hydrogens (primary N) is 1. The quantitative estimate of drug-likeness (QED) is 0.314. The van der Waals surface area contributed by atoms with Crippen molar-refractivity contribution in [2.24, 2.45) is 11.8 Å². The van der Waals surface area contributed by atoms with E-state index < -0.39 is 11.7 Å². The van der Waals surface area contributed by atoms with Crippen LogP contribution in [0.2, 0.25) is 0 Å². The number of nitrogen functional groups attached to an aromatic ring is 1. The SMILES string of the molecule is C=C1[C@H](COC(=O)CC(C)C)[C@@H](OC(=O)CCCCC)C[C@@H]1n1cnc2c(=O)[nH]c(N)nc21. The molecule has 3 rings (SSSR count). The fourth-order valence-corrected chi connectivity index (χ4v) is 4.15. The molecule has 2 heterocycles. The Bertz CT molecular complexity index is 1070. The number of esters is 2. The second-order valence-corrected chi connectivity index (χ2v) is 8.97. The van der Waals surface area contributed by atoms with E-state index in [0.717, 1.165) is 24.8 Å². The second-order valence-electron chi connectivity index (χ2n) is 8.97. The lowest BCUT2D eigenvalue weighted by atomic mass is 10.0. The molecule has 0 spiro atoms. The monoisotopic (exact) mass is 459 g/mol. The number of aromatic amines is 1. The fourth-order valence-electron chi connectivity index (χ4n) is 4.15. The highest BCUT2D eigenvalue weighted by Crippen LogP contribution is 2.42. The molecule has 2 aromatic heterocycles. The maximum absolute atomic E-state index is 12.5. The van der Waals surface area contributed by atoms with Crippen molar-refractivity contribution in [2.75, 3.05) is 12.3 Å². The van der Waals surface area contributed by atoms with E-state index in [-0.39, 0.29) is 47.9 Å². The van der Waals surface area contributed by atoms with Crippen LogP contribution in [0.15, 0.2) is 23.3 Å². The zero-order valence-corrected chi connectivity index (χ0v) is 19.5. The number of carbonyl (C=O) groups is 2. The molecule has 1 aliphatic carbocycles. The van der Waals surface area contributed by atoms with Crippen molar-refractivity contribution in [1.29, 1.82) is 0 Å². The molecule has 0 saturated heterocycles. The molecule has 0 aliphatic heterocycles. The first-order valence-corrected chi connectivity index (χ1v) is 11.5. The standard InChI is InChI=1S/C23H33N5O5/c1-5-6-7-8-18(29)33-17-10-16(14(4)15(17)11-32-19(30)9-13(2)3)28-12-25-20-21(28)26-23(24)27-22(20)31/h12-13,15-17H,4-11H2,1-3H3,(H3,24,26,27,31)/t15-,16-,17-/m0/s1. The van der Waals surface area contributed by atoms with Crippen LogP contribution in [0.5, 0.6) is 0 Å². The van der Waals surface area contributed by atoms with Gasteiger partial charge in [0.1, 0.15) is 12.7 Å². The summed E-state index contributed by atoms with van der Waals surface area (Å²) < 4.78 is 13.0. The number of ether oxygens (including phenoxy) is 2. The van der Waals surface area contributed by atoms with Gasteiger partial charge >= 0.3 is 11.9 Å². The number of hydrogen-bond acceptors (Lipinski definition) is 8. The second kappa shape index (κ2) is 10.6. The number of hydrogen-bond donors (Lipinski definition) is 2. The summed E-state index contributed by atoms with van der Waals surface area (Å²) >= 11 is 0. The van der Waals surface area contributed by atoms with Crippen molar-refractivity contribution in [3.8, 4) is 0 Å². The Labute approximate surface area is 192 Å². The molecule has 10 nitrogen and oxygen atoms in total. The summed E-state index contributed by atoms with van der Waals surface area (Å²) in [6.45, 7) is 10.2. The van der Waals surface area contributed by atoms with Crippen LogP contribution in [-0.4, -0.2) is 44.2 Å². The predicted molar refractivity (Wildman–Crippen MR) is 123 cm³/mol. The molecular weight excluding hydrogens is 426 g/mol. The Balaban J connectivity index is 1.83. The third-order valence-corrected chi connectivity index (χ3v) is 5.86. The highest BCUT2D eigenvalue weighted by molar-refractivity contribution is 5.72. The molecule has 1 saturated carbocycles. The Morgan fingerprint density at radius 1 is 1.33 bits per heavy atom. The Morgan fingerprint density at radius 2 is 2.09 bits per heavy atom. The summed E-state index contributed by atoms with van der Waals surface area (Å²) in [5.41, 5.74) is 6.51. The van der Waals surface area contributed by atoms with E-state index in [2.05, 4.69) is 28.5 Å². The van der Waals surface area contributed by atoms with E-state index in [4.69, 9.17) is 15.2 Å². The summed E-state index contributed by atoms with van der Waals surface area (Å²) in [6, 6.07) is -0.342. The van der Waals surface area contributed by atoms with E-state index in [1.165, 1.54) is 6.33 Å². The number of nitrogens with one attached hydrogen (secondary N) is 1. The first-order chi connectivity index (χ1) is 15.7. The van der Waals surface area contributed by atoms with Gasteiger partial charge in [-0.25, -0.2) is 4.98 Å². The van der Waals surface area contributed by atoms with Gasteiger partial charge in [-0.2, -0.15) is 4.98 Å². The lowest BCUT2D eigenvalue weighted by Gasteiger charge is -2.21. The molecule has 3 atom stereocenters. The normalized spacial score (nSPS) is 20.5. The first-order valence-electron chi connectivity index (χ1n) is 11.5. The Hall–Kier alpha value is -3.17. The van der Waals surface area contributed by atoms with Gasteiger partial charge in [-0.15, -0.1) is 0 Å². The van der Waals surface area contributed by atoms with Gasteiger partial charge in [0, 0.05) is 19.3 Å². The Morgan fingerprint density at radius 3 is 2.79 bits per heavy atom. The lowest BCUT2D eigenvalue weighted by Crippen LogP contribution is -2.27. The van der Waals surface area contributed by atoms with Gasteiger partial charge in [-0.1, -0.05) is 40.2 Å². The van der Waals surface area contributed by atoms with E-state index >= 15 is 0 Å². The van der Waals surface area contributed by atoms with Crippen LogP contribution in [0.25, 0.3) is 11.2 Å². The van der Waals surface area contributed by atoms with Crippen LogP contribution in [-0.2, 0) is 19.1 Å². The van der Waals surface area contributed by atoms with Crippen LogP contribution >= 0.6 is 0 Å². The number of carbonyl (C=O) groups excluding carboxylic acids is 2. The number of nitrogens with zero attached hydrogens (tertiary/aromatic N) is 3. The van der Waals surface area contributed by atoms with Crippen molar-refractivity contribution in [3.63, 3.8) is 0 Å². The van der Waals surface area contributed by atoms with Gasteiger partial charge in [-0.05, 0) is 17.9 Å². The maximum atomic E-state index is 12.5. The molecule has 1 fully saturated rings. The molecule has 0 radical (unpaired) electrons. The number of imidazole rings is 1. The summed E-state index contributed by atoms with van der Waals surface area (Å²) in [5.74, 6) is -0.803. The zero-order valence-electron chi connectivity index (χ0n) is 19.5. The molecule has 2 aromatic rings. The van der Waals surface area contributed by atoms with Crippen molar-refractivity contribution in [2.45, 2.75) is 71.4 Å². The van der Waals surface area contributed by atoms with Gasteiger partial charge in [0.15, 0.2) is 11.2 Å². The van der Waals surface area contributed by atoms with Crippen LogP contribution in [0.4, 0.5) is 5.95 Å². The van der Waals surface area contributed by atoms with Crippen LogP contribution < -0.4 is 11.3 Å². The molecule has 0 unspecified atom stereocenters. The smallest absolute Gasteiger partial charge is 0.306 e. The van der Waals surface area contributed by atoms with Crippen LogP contribution in [0, 0.1) is 11.8 Å². The average Bonchev–Trinajstić information content (AvgIpc) is 3.27. The molecule has 10 heteroatoms. The fraction of sp³-hybridized carbons (Fsp3) is 0.609. The largest absolute Gasteiger partial charge is 0.465 e. The summed E-state index contributed by atoms with van der Waals surface area (Å²) in [4.78, 5) is 47.6. The van der Waals surface area contributed by atoms with E-state index in [0.29, 0.717) is 24.9 Å². The number of unbranched alkanes of at least 4 members (excludes halogenated alkanes) is 2. The van der Waals surface area contributed by atoms with Crippen molar-refractivity contribution in [3.05, 3.63) is 28.8 Å². The Kier molecular flexibility index (Phi) is 7.88. The molecule has 1 aliphatic rings. The minimum Gasteiger partial charge on any atom is -0.465 e. The van der Waals surface area contributed by atoms with E-state index in [1.54, 1.807) is 4.57 Å². The van der Waals surface area contributed by atoms with Gasteiger partial charge in [0.2, 0.25) is 5.95 Å². The summed E-state index contributed by atoms with van der Waals surface area (Å²) in [7, 11) is 0. The van der Waals surface area contributed by atoms with Gasteiger partial charge in [0.05, 0.1) is 18.3 Å². The van der Waals surface area contributed by atoms with Crippen molar-refractivity contribution >= 4 is 29.1 Å². The highest BCUT2D eigenvalue weighted by atomic mass is 16.6. The number of aromatic nitrogens is 4. The molecule has 180 valence electrons. The van der Waals surface area contributed by atoms with Crippen molar-refractivity contribution < 1.29 is 19.1 Å². The minimum absolute atomic E-state index is 0.0177. The van der Waals surface area contributed by atoms with Crippen molar-refractivity contribution in [1.82, 2.24) is 19.5 Å². The zero-order chi connectivity index (χ0) is 24.1. The third kappa shape index (κ3) is 5.80. The van der Waals surface area contributed by atoms with Gasteiger partial charge in [-0.3, -0.25) is 19.4 Å². The average molecular weight is 460 g/mol. The summed E-state index contributed by atoms with van der Waals surface area (Å²) in [6.07, 6.45) is 4.77. The first kappa shape index (κ1) is 24.5.